The molecule has 3 rings (SSSR count). The molecule has 7 heteroatoms. The van der Waals surface area contributed by atoms with Crippen molar-refractivity contribution >= 4 is 21.6 Å². The van der Waals surface area contributed by atoms with E-state index in [4.69, 9.17) is 5.26 Å². The SMILES string of the molecule is C=CCN(Cc1ccc(C#N)cc1)C(=O)c1ccc(S(=O)(=O)Nc2ccccc2)cc1. The smallest absolute Gasteiger partial charge is 0.261 e. The molecule has 156 valence electrons. The second kappa shape index (κ2) is 9.74. The molecule has 0 unspecified atom stereocenters. The topological polar surface area (TPSA) is 90.3 Å². The molecule has 0 heterocycles. The van der Waals surface area contributed by atoms with Gasteiger partial charge in [-0.1, -0.05) is 36.4 Å². The number of benzene rings is 3. The molecule has 0 aromatic heterocycles. The highest BCUT2D eigenvalue weighted by molar-refractivity contribution is 7.92. The monoisotopic (exact) mass is 431 g/mol. The van der Waals surface area contributed by atoms with E-state index in [2.05, 4.69) is 17.4 Å². The molecule has 0 radical (unpaired) electrons. The molecule has 0 atom stereocenters. The molecule has 0 spiro atoms. The average Bonchev–Trinajstić information content (AvgIpc) is 2.79. The van der Waals surface area contributed by atoms with Gasteiger partial charge in [0, 0.05) is 24.3 Å². The van der Waals surface area contributed by atoms with Crippen molar-refractivity contribution in [3.63, 3.8) is 0 Å². The maximum atomic E-state index is 13.0. The number of nitrogens with one attached hydrogen (secondary N) is 1. The van der Waals surface area contributed by atoms with Gasteiger partial charge in [-0.05, 0) is 54.1 Å². The first kappa shape index (κ1) is 21.8. The van der Waals surface area contributed by atoms with Crippen molar-refractivity contribution in [2.24, 2.45) is 0 Å². The predicted molar refractivity (Wildman–Crippen MR) is 120 cm³/mol. The maximum absolute atomic E-state index is 13.0. The van der Waals surface area contributed by atoms with Crippen LogP contribution < -0.4 is 4.72 Å². The van der Waals surface area contributed by atoms with Crippen LogP contribution in [0.15, 0.2) is 96.4 Å². The van der Waals surface area contributed by atoms with Gasteiger partial charge in [-0.15, -0.1) is 6.58 Å². The lowest BCUT2D eigenvalue weighted by Gasteiger charge is -2.21. The van der Waals surface area contributed by atoms with Crippen molar-refractivity contribution in [2.75, 3.05) is 11.3 Å². The van der Waals surface area contributed by atoms with Gasteiger partial charge in [0.25, 0.3) is 15.9 Å². The fourth-order valence-corrected chi connectivity index (χ4v) is 4.02. The van der Waals surface area contributed by atoms with Gasteiger partial charge < -0.3 is 4.90 Å². The minimum absolute atomic E-state index is 0.0651. The zero-order valence-electron chi connectivity index (χ0n) is 16.7. The zero-order chi connectivity index (χ0) is 22.3. The van der Waals surface area contributed by atoms with Crippen LogP contribution in [0.2, 0.25) is 0 Å². The number of sulfonamides is 1. The van der Waals surface area contributed by atoms with Crippen molar-refractivity contribution in [3.8, 4) is 6.07 Å². The zero-order valence-corrected chi connectivity index (χ0v) is 17.5. The maximum Gasteiger partial charge on any atom is 0.261 e. The Morgan fingerprint density at radius 1 is 1.00 bits per heavy atom. The molecule has 0 bridgehead atoms. The number of hydrogen-bond donors (Lipinski definition) is 1. The number of hydrogen-bond acceptors (Lipinski definition) is 4. The number of anilines is 1. The predicted octanol–water partition coefficient (Wildman–Crippen LogP) is 4.19. The molecule has 0 saturated heterocycles. The van der Waals surface area contributed by atoms with Crippen molar-refractivity contribution in [1.29, 1.82) is 5.26 Å². The number of carbonyl (C=O) groups excluding carboxylic acids is 1. The van der Waals surface area contributed by atoms with Crippen LogP contribution in [0.4, 0.5) is 5.69 Å². The summed E-state index contributed by atoms with van der Waals surface area (Å²) < 4.78 is 27.6. The Bertz CT molecular complexity index is 1200. The van der Waals surface area contributed by atoms with Gasteiger partial charge in [-0.2, -0.15) is 5.26 Å². The van der Waals surface area contributed by atoms with Crippen LogP contribution in [0.5, 0.6) is 0 Å². The molecular formula is C24H21N3O3S. The summed E-state index contributed by atoms with van der Waals surface area (Å²) in [6, 6.07) is 23.5. The molecule has 0 saturated carbocycles. The first-order valence-electron chi connectivity index (χ1n) is 9.50. The highest BCUT2D eigenvalue weighted by atomic mass is 32.2. The third-order valence-electron chi connectivity index (χ3n) is 4.53. The number of nitriles is 1. The van der Waals surface area contributed by atoms with Crippen LogP contribution in [-0.4, -0.2) is 25.8 Å². The van der Waals surface area contributed by atoms with Gasteiger partial charge >= 0.3 is 0 Å². The van der Waals surface area contributed by atoms with E-state index in [1.54, 1.807) is 65.6 Å². The molecule has 6 nitrogen and oxygen atoms in total. The molecule has 31 heavy (non-hydrogen) atoms. The van der Waals surface area contributed by atoms with E-state index in [0.29, 0.717) is 29.9 Å². The minimum atomic E-state index is -3.76. The summed E-state index contributed by atoms with van der Waals surface area (Å²) in [4.78, 5) is 14.6. The van der Waals surface area contributed by atoms with Gasteiger partial charge in [0.15, 0.2) is 0 Å². The van der Waals surface area contributed by atoms with Crippen molar-refractivity contribution in [1.82, 2.24) is 4.90 Å². The lowest BCUT2D eigenvalue weighted by molar-refractivity contribution is 0.0762. The summed E-state index contributed by atoms with van der Waals surface area (Å²) in [6.07, 6.45) is 1.63. The molecular weight excluding hydrogens is 410 g/mol. The van der Waals surface area contributed by atoms with Gasteiger partial charge in [-0.25, -0.2) is 8.42 Å². The lowest BCUT2D eigenvalue weighted by Crippen LogP contribution is -2.30. The summed E-state index contributed by atoms with van der Waals surface area (Å²) in [6.45, 7) is 4.37. The standard InChI is InChI=1S/C24H21N3O3S/c1-2-16-27(18-20-10-8-19(17-25)9-11-20)24(28)21-12-14-23(15-13-21)31(29,30)26-22-6-4-3-5-7-22/h2-15,26H,1,16,18H2. The third kappa shape index (κ3) is 5.59. The number of rotatable bonds is 8. The Morgan fingerprint density at radius 3 is 2.23 bits per heavy atom. The fourth-order valence-electron chi connectivity index (χ4n) is 2.96. The molecule has 1 amide bonds. The summed E-state index contributed by atoms with van der Waals surface area (Å²) in [5.41, 5.74) is 2.25. The molecule has 0 aliphatic carbocycles. The Labute approximate surface area is 182 Å². The second-order valence-electron chi connectivity index (χ2n) is 6.78. The largest absolute Gasteiger partial charge is 0.331 e. The van der Waals surface area contributed by atoms with E-state index in [1.807, 2.05) is 0 Å². The lowest BCUT2D eigenvalue weighted by atomic mass is 10.1. The van der Waals surface area contributed by atoms with Gasteiger partial charge in [0.05, 0.1) is 16.5 Å². The quantitative estimate of drug-likeness (QED) is 0.542. The van der Waals surface area contributed by atoms with Gasteiger partial charge in [-0.3, -0.25) is 9.52 Å². The normalized spacial score (nSPS) is 10.7. The Morgan fingerprint density at radius 2 is 1.65 bits per heavy atom. The molecule has 3 aromatic rings. The summed E-state index contributed by atoms with van der Waals surface area (Å²) in [5, 5.41) is 8.92. The number of amides is 1. The minimum Gasteiger partial charge on any atom is -0.331 e. The fraction of sp³-hybridized carbons (Fsp3) is 0.0833. The highest BCUT2D eigenvalue weighted by Gasteiger charge is 2.18. The van der Waals surface area contributed by atoms with Crippen LogP contribution in [-0.2, 0) is 16.6 Å². The van der Waals surface area contributed by atoms with Crippen molar-refractivity contribution in [2.45, 2.75) is 11.4 Å². The van der Waals surface area contributed by atoms with Crippen molar-refractivity contribution in [3.05, 3.63) is 108 Å². The highest BCUT2D eigenvalue weighted by Crippen LogP contribution is 2.18. The first-order chi connectivity index (χ1) is 14.9. The molecule has 0 aliphatic heterocycles. The number of carbonyl (C=O) groups is 1. The van der Waals surface area contributed by atoms with Gasteiger partial charge in [0.2, 0.25) is 0 Å². The van der Waals surface area contributed by atoms with Crippen LogP contribution in [0.1, 0.15) is 21.5 Å². The number of nitrogens with zero attached hydrogens (tertiary/aromatic N) is 2. The molecule has 0 aliphatic rings. The van der Waals surface area contributed by atoms with E-state index in [9.17, 15) is 13.2 Å². The van der Waals surface area contributed by atoms with Gasteiger partial charge in [0.1, 0.15) is 0 Å². The summed E-state index contributed by atoms with van der Waals surface area (Å²) in [7, 11) is -3.76. The Balaban J connectivity index is 1.76. The third-order valence-corrected chi connectivity index (χ3v) is 5.93. The van der Waals surface area contributed by atoms with Crippen molar-refractivity contribution < 1.29 is 13.2 Å². The molecule has 0 fully saturated rings. The van der Waals surface area contributed by atoms with E-state index >= 15 is 0 Å². The average molecular weight is 432 g/mol. The van der Waals surface area contributed by atoms with E-state index < -0.39 is 10.0 Å². The Kier molecular flexibility index (Phi) is 6.85. The second-order valence-corrected chi connectivity index (χ2v) is 8.46. The van der Waals surface area contributed by atoms with Crippen LogP contribution in [0, 0.1) is 11.3 Å². The van der Waals surface area contributed by atoms with Crippen LogP contribution >= 0.6 is 0 Å². The van der Waals surface area contributed by atoms with Crippen LogP contribution in [0.3, 0.4) is 0 Å². The molecule has 3 aromatic carbocycles. The molecule has 1 N–H and O–H groups in total. The summed E-state index contributed by atoms with van der Waals surface area (Å²) >= 11 is 0. The van der Waals surface area contributed by atoms with E-state index in [-0.39, 0.29) is 10.8 Å². The Hall–Kier alpha value is -3.89. The van der Waals surface area contributed by atoms with Crippen LogP contribution in [0.25, 0.3) is 0 Å². The number of para-hydroxylation sites is 1. The first-order valence-corrected chi connectivity index (χ1v) is 11.0. The summed E-state index contributed by atoms with van der Waals surface area (Å²) in [5.74, 6) is -0.246. The van der Waals surface area contributed by atoms with E-state index in [0.717, 1.165) is 5.56 Å². The van der Waals surface area contributed by atoms with E-state index in [1.165, 1.54) is 24.3 Å².